The van der Waals surface area contributed by atoms with Crippen molar-refractivity contribution in [3.05, 3.63) is 93.4 Å². The van der Waals surface area contributed by atoms with Crippen LogP contribution in [0.3, 0.4) is 0 Å². The Hall–Kier alpha value is -3.32. The number of para-hydroxylation sites is 2. The van der Waals surface area contributed by atoms with Crippen molar-refractivity contribution in [3.8, 4) is 11.5 Å². The molecule has 174 valence electrons. The molecular formula is C27H24BrFN2O3. The summed E-state index contributed by atoms with van der Waals surface area (Å²) in [6.07, 6.45) is 1.03. The Kier molecular flexibility index (Phi) is 6.04. The first-order valence-electron chi connectivity index (χ1n) is 11.0. The van der Waals surface area contributed by atoms with Gasteiger partial charge >= 0.3 is 0 Å². The molecule has 0 amide bonds. The first kappa shape index (κ1) is 22.5. The van der Waals surface area contributed by atoms with Crippen LogP contribution in [0.15, 0.2) is 76.4 Å². The van der Waals surface area contributed by atoms with Crippen LogP contribution in [0.5, 0.6) is 11.5 Å². The SMILES string of the molecule is COc1ccc([C@@H]2CC(=O)C3=C(C2)Nc2ccccc2N[C@@H]3c2ccc(F)c(Br)c2)cc1OC. The Morgan fingerprint density at radius 3 is 2.38 bits per heavy atom. The lowest BCUT2D eigenvalue weighted by molar-refractivity contribution is -0.116. The molecule has 1 heterocycles. The Labute approximate surface area is 206 Å². The summed E-state index contributed by atoms with van der Waals surface area (Å²) >= 11 is 3.29. The van der Waals surface area contributed by atoms with Gasteiger partial charge in [-0.2, -0.15) is 0 Å². The van der Waals surface area contributed by atoms with Crippen molar-refractivity contribution in [2.75, 3.05) is 24.9 Å². The van der Waals surface area contributed by atoms with E-state index in [1.807, 2.05) is 42.5 Å². The molecule has 5 rings (SSSR count). The maximum absolute atomic E-state index is 14.0. The standard InChI is InChI=1S/C27H24BrFN2O3/c1-33-24-10-8-15(14-25(24)34-2)17-12-22-26(23(32)13-17)27(16-7-9-19(29)18(28)11-16)31-21-6-4-3-5-20(21)30-22/h3-11,14,17,27,30-31H,12-13H2,1-2H3/t17-,27+/m0/s1. The molecule has 0 radical (unpaired) electrons. The number of halogens is 2. The molecule has 0 saturated carbocycles. The number of hydrogen-bond donors (Lipinski definition) is 2. The lowest BCUT2D eigenvalue weighted by atomic mass is 9.78. The highest BCUT2D eigenvalue weighted by molar-refractivity contribution is 9.10. The lowest BCUT2D eigenvalue weighted by Gasteiger charge is -2.30. The third kappa shape index (κ3) is 4.05. The molecule has 0 bridgehead atoms. The number of carbonyl (C=O) groups excluding carboxylic acids is 1. The molecule has 1 aliphatic heterocycles. The third-order valence-electron chi connectivity index (χ3n) is 6.46. The number of Topliss-reactive ketones (excluding diaryl/α,β-unsaturated/α-hetero) is 1. The summed E-state index contributed by atoms with van der Waals surface area (Å²) in [5, 5.41) is 7.04. The Balaban J connectivity index is 1.59. The molecule has 0 fully saturated rings. The van der Waals surface area contributed by atoms with Crippen molar-refractivity contribution >= 4 is 33.1 Å². The van der Waals surface area contributed by atoms with E-state index in [1.54, 1.807) is 26.4 Å². The molecule has 34 heavy (non-hydrogen) atoms. The summed E-state index contributed by atoms with van der Waals surface area (Å²) in [7, 11) is 3.21. The van der Waals surface area contributed by atoms with Gasteiger partial charge in [0.1, 0.15) is 5.82 Å². The predicted octanol–water partition coefficient (Wildman–Crippen LogP) is 6.58. The van der Waals surface area contributed by atoms with E-state index >= 15 is 0 Å². The van der Waals surface area contributed by atoms with Gasteiger partial charge in [0.2, 0.25) is 0 Å². The van der Waals surface area contributed by atoms with Crippen molar-refractivity contribution < 1.29 is 18.7 Å². The molecule has 1 aliphatic carbocycles. The minimum Gasteiger partial charge on any atom is -0.493 e. The summed E-state index contributed by atoms with van der Waals surface area (Å²) in [5.74, 6) is 1.00. The second-order valence-corrected chi connectivity index (χ2v) is 9.31. The molecule has 3 aromatic rings. The van der Waals surface area contributed by atoms with Crippen molar-refractivity contribution in [1.82, 2.24) is 0 Å². The average molecular weight is 523 g/mol. The van der Waals surface area contributed by atoms with Gasteiger partial charge in [-0.3, -0.25) is 4.79 Å². The molecule has 0 unspecified atom stereocenters. The highest BCUT2D eigenvalue weighted by Crippen LogP contribution is 2.45. The van der Waals surface area contributed by atoms with Gasteiger partial charge in [-0.1, -0.05) is 24.3 Å². The summed E-state index contributed by atoms with van der Waals surface area (Å²) in [6.45, 7) is 0. The van der Waals surface area contributed by atoms with Gasteiger partial charge < -0.3 is 20.1 Å². The number of benzene rings is 3. The Morgan fingerprint density at radius 2 is 1.65 bits per heavy atom. The van der Waals surface area contributed by atoms with E-state index in [1.165, 1.54) is 6.07 Å². The van der Waals surface area contributed by atoms with E-state index in [9.17, 15) is 9.18 Å². The van der Waals surface area contributed by atoms with Crippen molar-refractivity contribution in [2.24, 2.45) is 0 Å². The maximum Gasteiger partial charge on any atom is 0.163 e. The first-order valence-corrected chi connectivity index (χ1v) is 11.8. The van der Waals surface area contributed by atoms with E-state index in [0.717, 1.165) is 28.2 Å². The van der Waals surface area contributed by atoms with Crippen LogP contribution >= 0.6 is 15.9 Å². The summed E-state index contributed by atoms with van der Waals surface area (Å²) in [6, 6.07) is 18.2. The fraction of sp³-hybridized carbons (Fsp3) is 0.222. The summed E-state index contributed by atoms with van der Waals surface area (Å²) in [5.41, 5.74) is 5.19. The summed E-state index contributed by atoms with van der Waals surface area (Å²) < 4.78 is 25.2. The monoisotopic (exact) mass is 522 g/mol. The number of rotatable bonds is 4. The molecule has 0 spiro atoms. The molecule has 2 N–H and O–H groups in total. The number of nitrogens with one attached hydrogen (secondary N) is 2. The topological polar surface area (TPSA) is 59.6 Å². The molecule has 0 aromatic heterocycles. The summed E-state index contributed by atoms with van der Waals surface area (Å²) in [4.78, 5) is 13.6. The third-order valence-corrected chi connectivity index (χ3v) is 7.07. The van der Waals surface area contributed by atoms with Crippen LogP contribution in [-0.2, 0) is 4.79 Å². The normalized spacial score (nSPS) is 19.4. The van der Waals surface area contributed by atoms with Gasteiger partial charge in [0.15, 0.2) is 17.3 Å². The van der Waals surface area contributed by atoms with E-state index in [2.05, 4.69) is 26.6 Å². The van der Waals surface area contributed by atoms with E-state index < -0.39 is 6.04 Å². The lowest BCUT2D eigenvalue weighted by Crippen LogP contribution is -2.27. The molecule has 3 aromatic carbocycles. The fourth-order valence-electron chi connectivity index (χ4n) is 4.78. The molecule has 5 nitrogen and oxygen atoms in total. The zero-order chi connectivity index (χ0) is 23.8. The number of anilines is 2. The molecule has 2 aliphatic rings. The van der Waals surface area contributed by atoms with Gasteiger partial charge in [0.05, 0.1) is 36.1 Å². The number of ketones is 1. The van der Waals surface area contributed by atoms with Gasteiger partial charge in [-0.05, 0) is 75.8 Å². The molecule has 0 saturated heterocycles. The van der Waals surface area contributed by atoms with Crippen LogP contribution in [0, 0.1) is 5.82 Å². The Morgan fingerprint density at radius 1 is 0.912 bits per heavy atom. The second-order valence-electron chi connectivity index (χ2n) is 8.46. The van der Waals surface area contributed by atoms with E-state index in [-0.39, 0.29) is 17.5 Å². The Bertz CT molecular complexity index is 1310. The number of fused-ring (bicyclic) bond motifs is 1. The maximum atomic E-state index is 14.0. The minimum atomic E-state index is -0.401. The van der Waals surface area contributed by atoms with Crippen LogP contribution in [-0.4, -0.2) is 20.0 Å². The van der Waals surface area contributed by atoms with Gasteiger partial charge in [0, 0.05) is 17.7 Å². The van der Waals surface area contributed by atoms with Crippen molar-refractivity contribution in [1.29, 1.82) is 0 Å². The van der Waals surface area contributed by atoms with Crippen LogP contribution in [0.1, 0.15) is 35.9 Å². The van der Waals surface area contributed by atoms with Gasteiger partial charge in [-0.15, -0.1) is 0 Å². The smallest absolute Gasteiger partial charge is 0.163 e. The van der Waals surface area contributed by atoms with Crippen molar-refractivity contribution in [3.63, 3.8) is 0 Å². The molecular weight excluding hydrogens is 499 g/mol. The number of carbonyl (C=O) groups is 1. The fourth-order valence-corrected chi connectivity index (χ4v) is 5.17. The minimum absolute atomic E-state index is 0.00979. The largest absolute Gasteiger partial charge is 0.493 e. The van der Waals surface area contributed by atoms with E-state index in [4.69, 9.17) is 9.47 Å². The highest BCUT2D eigenvalue weighted by Gasteiger charge is 2.36. The molecule has 2 atom stereocenters. The number of methoxy groups -OCH3 is 2. The quantitative estimate of drug-likeness (QED) is 0.405. The van der Waals surface area contributed by atoms with Gasteiger partial charge in [-0.25, -0.2) is 4.39 Å². The number of ether oxygens (including phenoxy) is 2. The second kappa shape index (κ2) is 9.14. The first-order chi connectivity index (χ1) is 16.5. The van der Waals surface area contributed by atoms with Gasteiger partial charge in [0.25, 0.3) is 0 Å². The zero-order valence-corrected chi connectivity index (χ0v) is 20.4. The molecule has 7 heteroatoms. The predicted molar refractivity (Wildman–Crippen MR) is 134 cm³/mol. The van der Waals surface area contributed by atoms with E-state index in [0.29, 0.717) is 34.4 Å². The highest BCUT2D eigenvalue weighted by atomic mass is 79.9. The zero-order valence-electron chi connectivity index (χ0n) is 18.8. The van der Waals surface area contributed by atoms with Crippen LogP contribution in [0.25, 0.3) is 0 Å². The average Bonchev–Trinajstić information content (AvgIpc) is 3.02. The van der Waals surface area contributed by atoms with Crippen molar-refractivity contribution in [2.45, 2.75) is 24.8 Å². The number of hydrogen-bond acceptors (Lipinski definition) is 5. The van der Waals surface area contributed by atoms with Crippen LogP contribution in [0.4, 0.5) is 15.8 Å². The van der Waals surface area contributed by atoms with Crippen LogP contribution < -0.4 is 20.1 Å². The van der Waals surface area contributed by atoms with Crippen LogP contribution in [0.2, 0.25) is 0 Å². The number of allylic oxidation sites excluding steroid dienone is 1.